The summed E-state index contributed by atoms with van der Waals surface area (Å²) < 4.78 is 54.7. The molecule has 6 spiro atoms. The van der Waals surface area contributed by atoms with E-state index < -0.39 is 110 Å². The number of amides is 3. The van der Waals surface area contributed by atoms with Crippen molar-refractivity contribution in [3.63, 3.8) is 0 Å². The Bertz CT molecular complexity index is 5950. The summed E-state index contributed by atoms with van der Waals surface area (Å²) >= 11 is 38.2. The minimum atomic E-state index is -1.36. The summed E-state index contributed by atoms with van der Waals surface area (Å²) in [6.07, 6.45) is 18.6. The van der Waals surface area contributed by atoms with E-state index in [9.17, 15) is 34.2 Å². The topological polar surface area (TPSA) is 244 Å². The molecule has 17 nitrogen and oxygen atoms in total. The van der Waals surface area contributed by atoms with E-state index >= 15 is 18.0 Å². The van der Waals surface area contributed by atoms with Gasteiger partial charge in [-0.2, -0.15) is 0 Å². The number of carbonyl (C=O) groups is 6. The number of aliphatic hydroxyl groups excluding tert-OH is 2. The van der Waals surface area contributed by atoms with Gasteiger partial charge in [-0.3, -0.25) is 43.5 Å². The number of fused-ring (bicyclic) bond motifs is 11. The Kier molecular flexibility index (Phi) is 26.3. The number of hydrogen-bond acceptors (Lipinski definition) is 13. The molecule has 11 fully saturated rings. The Morgan fingerprint density at radius 2 is 0.801 bits per heavy atom. The summed E-state index contributed by atoms with van der Waals surface area (Å²) in [5.41, 5.74) is 7.06. The molecule has 11 atom stereocenters. The first-order chi connectivity index (χ1) is 64.8. The van der Waals surface area contributed by atoms with Gasteiger partial charge in [-0.1, -0.05) is 226 Å². The fourth-order valence-corrected chi connectivity index (χ4v) is 29.5. The second-order valence-corrected chi connectivity index (χ2v) is 46.9. The first kappa shape index (κ1) is 96.9. The third kappa shape index (κ3) is 16.3. The number of nitrogens with two attached hydrogens (primary N) is 1. The number of Topliss-reactive ketones (excluding diaryl/α,β-unsaturated/α-hetero) is 1. The minimum absolute atomic E-state index is 0.0105. The zero-order valence-corrected chi connectivity index (χ0v) is 82.4. The number of rotatable bonds is 11. The van der Waals surface area contributed by atoms with Gasteiger partial charge in [0.25, 0.3) is 0 Å². The molecule has 136 heavy (non-hydrogen) atoms. The maximum atomic E-state index is 16.5. The highest BCUT2D eigenvalue weighted by Gasteiger charge is 2.80. The van der Waals surface area contributed by atoms with Crippen LogP contribution in [0.5, 0.6) is 0 Å². The van der Waals surface area contributed by atoms with E-state index in [4.69, 9.17) is 85.2 Å². The number of nitrogens with zero attached hydrogens (tertiary/aromatic N) is 3. The monoisotopic (exact) mass is 1970 g/mol. The van der Waals surface area contributed by atoms with Crippen LogP contribution in [0, 0.1) is 62.3 Å². The minimum Gasteiger partial charge on any atom is -0.481 e. The van der Waals surface area contributed by atoms with Crippen LogP contribution in [0.2, 0.25) is 30.1 Å². The number of aliphatic carboxylic acids is 1. The number of cyclic esters (lactones) is 1. The number of halogens is 9. The third-order valence-electron chi connectivity index (χ3n) is 35.4. The first-order valence-electron chi connectivity index (χ1n) is 48.9. The van der Waals surface area contributed by atoms with Gasteiger partial charge < -0.3 is 41.7 Å². The van der Waals surface area contributed by atoms with Crippen molar-refractivity contribution in [1.82, 2.24) is 14.7 Å². The van der Waals surface area contributed by atoms with Crippen molar-refractivity contribution < 1.29 is 62.0 Å². The molecule has 7 saturated carbocycles. The molecular weight excluding hydrogens is 1850 g/mol. The predicted molar refractivity (Wildman–Crippen MR) is 527 cm³/mol. The van der Waals surface area contributed by atoms with Crippen LogP contribution in [-0.2, 0) is 49.7 Å². The van der Waals surface area contributed by atoms with Gasteiger partial charge in [0.1, 0.15) is 40.8 Å². The van der Waals surface area contributed by atoms with Crippen molar-refractivity contribution in [2.75, 3.05) is 42.1 Å². The van der Waals surface area contributed by atoms with Crippen molar-refractivity contribution in [2.24, 2.45) is 50.6 Å². The van der Waals surface area contributed by atoms with Gasteiger partial charge in [-0.25, -0.2) is 13.2 Å². The lowest BCUT2D eigenvalue weighted by Gasteiger charge is -2.57. The summed E-state index contributed by atoms with van der Waals surface area (Å²) in [6.45, 7) is 16.7. The number of β-amino-alcohol motifs (C(OH)–C–C–N with tert-alkyl or cyclic N) is 2. The lowest BCUT2D eigenvalue weighted by Crippen LogP contribution is -2.64. The number of morpholine rings is 1. The molecular formula is C110H122Cl6F3N7O10. The molecule has 3 amide bonds. The fraction of sp³-hybridized carbons (Fsp3) is 0.509. The number of hydrogen-bond donors (Lipinski definition) is 7. The number of benzene rings is 8. The van der Waals surface area contributed by atoms with E-state index in [2.05, 4.69) is 84.3 Å². The first-order valence-corrected chi connectivity index (χ1v) is 51.2. The summed E-state index contributed by atoms with van der Waals surface area (Å²) in [5, 5.41) is 39.9. The molecule has 26 heteroatoms. The van der Waals surface area contributed by atoms with Crippen LogP contribution in [0.25, 0.3) is 0 Å². The summed E-state index contributed by atoms with van der Waals surface area (Å²) in [6, 6.07) is 50.8. The molecule has 7 aliphatic heterocycles. The largest absolute Gasteiger partial charge is 0.481 e. The van der Waals surface area contributed by atoms with Crippen LogP contribution in [0.1, 0.15) is 264 Å². The highest BCUT2D eigenvalue weighted by Crippen LogP contribution is 2.77. The van der Waals surface area contributed by atoms with Crippen LogP contribution >= 0.6 is 69.6 Å². The van der Waals surface area contributed by atoms with E-state index in [1.807, 2.05) is 72.8 Å². The Labute approximate surface area is 824 Å². The Morgan fingerprint density at radius 1 is 0.434 bits per heavy atom. The summed E-state index contributed by atoms with van der Waals surface area (Å²) in [7, 11) is 0. The summed E-state index contributed by atoms with van der Waals surface area (Å²) in [5.74, 6) is -7.50. The standard InChI is InChI=1S/C39H35Cl2FN2O3.C36H43Cl2FN2O3.C26H26Cl2FNO3.C9H18N2O/c1-37(2)18-20-38(21-19-37)39(27-17-16-25(40)22-29(27)43-36(39)46)30(26-14-9-15-28(41)31(26)42)33-35(45)47-34(24-12-7-4-8-13-24)32(44(33)38)23-10-5-3-6-11-23;1-34(2)12-14-35(15-13-34)18-26(30(43)16-21-6-9-23(10-7-21)41-19-24(42)20-41)31(25-4-3-5-28(38)32(25)39)36(35)27-11-8-22(37)17-29(27)40-33(36)44;1-24(2)8-10-25(11-9-24)13-16(22(31)32)20(15-4-3-5-18(28)21(15)29)26(25)17-7-6-14(27)12-19(17)30-23(26)33;10-7-1-3-8(4-2-7)11-5-9(12)6-11/h3-17,22,30,32-34H,18-21H2,1-2H3,(H,43,46);3-5,8,11,17,21,23-24,26,31,42H,6-7,9-10,12-16,18-20H2,1-2H3,(H,40,44);3-7,12,16,20H,8-11,13H2,1-2H3,(H,30,33)(H,31,32);7-9,12H,1-6,10H2/t30-,32+,33+,34-,39-;21?,23?,26-,31-,36+;16-,20+,26?;/m001./s1. The van der Waals surface area contributed by atoms with Gasteiger partial charge in [-0.05, 0) is 273 Å². The Hall–Kier alpha value is -7.93. The molecule has 8 aromatic rings. The van der Waals surface area contributed by atoms with E-state index in [-0.39, 0.29) is 84.1 Å². The highest BCUT2D eigenvalue weighted by atomic mass is 35.5. The van der Waals surface area contributed by atoms with Gasteiger partial charge in [0.15, 0.2) is 0 Å². The molecule has 8 N–H and O–H groups in total. The lowest BCUT2D eigenvalue weighted by molar-refractivity contribution is -0.184. The van der Waals surface area contributed by atoms with Crippen LogP contribution in [0.15, 0.2) is 170 Å². The van der Waals surface area contributed by atoms with Gasteiger partial charge in [0.2, 0.25) is 17.7 Å². The number of anilines is 3. The molecule has 720 valence electrons. The van der Waals surface area contributed by atoms with Crippen LogP contribution in [0.4, 0.5) is 30.2 Å². The quantitative estimate of drug-likeness (QED) is 0.0596. The third-order valence-corrected chi connectivity index (χ3v) is 37.0. The molecule has 8 aromatic carbocycles. The molecule has 1 unspecified atom stereocenters. The predicted octanol–water partition coefficient (Wildman–Crippen LogP) is 23.8. The number of carboxylic acid groups (broad SMARTS) is 1. The fourth-order valence-electron chi connectivity index (χ4n) is 28.5. The molecule has 0 radical (unpaired) electrons. The Balaban J connectivity index is 0.000000124. The number of esters is 1. The zero-order chi connectivity index (χ0) is 96.0. The smallest absolute Gasteiger partial charge is 0.324 e. The van der Waals surface area contributed by atoms with Gasteiger partial charge in [-0.15, -0.1) is 0 Å². The van der Waals surface area contributed by atoms with E-state index in [1.165, 1.54) is 31.0 Å². The number of ketones is 1. The Morgan fingerprint density at radius 3 is 1.21 bits per heavy atom. The molecule has 0 aromatic heterocycles. The van der Waals surface area contributed by atoms with Crippen LogP contribution in [0.3, 0.4) is 0 Å². The van der Waals surface area contributed by atoms with Crippen molar-refractivity contribution in [2.45, 2.75) is 277 Å². The number of nitrogens with one attached hydrogen (secondary N) is 3. The normalized spacial score (nSPS) is 31.2. The molecule has 4 saturated heterocycles. The number of ether oxygens (including phenoxy) is 1. The van der Waals surface area contributed by atoms with Crippen LogP contribution < -0.4 is 21.7 Å². The second kappa shape index (κ2) is 36.9. The van der Waals surface area contributed by atoms with Crippen molar-refractivity contribution in [3.8, 4) is 0 Å². The second-order valence-electron chi connectivity index (χ2n) is 44.4. The summed E-state index contributed by atoms with van der Waals surface area (Å²) in [4.78, 5) is 93.0. The van der Waals surface area contributed by atoms with Crippen molar-refractivity contribution in [1.29, 1.82) is 0 Å². The highest BCUT2D eigenvalue weighted by molar-refractivity contribution is 6.33. The average molecular weight is 1970 g/mol. The van der Waals surface area contributed by atoms with Crippen LogP contribution in [-0.4, -0.2) is 134 Å². The van der Waals surface area contributed by atoms with Gasteiger partial charge in [0, 0.05) is 112 Å². The maximum absolute atomic E-state index is 16.5. The molecule has 7 heterocycles. The number of carbonyl (C=O) groups excluding carboxylic acids is 5. The van der Waals surface area contributed by atoms with Gasteiger partial charge in [0.05, 0.1) is 50.1 Å². The van der Waals surface area contributed by atoms with E-state index in [0.717, 1.165) is 138 Å². The SMILES string of the molecule is CC1(C)CCC2(CC1)C[C@@H](C(=O)CC1CCC(N3CC(O)C3)CC1)[C@H](c1cccc(Cl)c1F)[C@]21C(=O)Nc2cc(Cl)ccc21.CC1(C)CCC2(CC1)C[C@@H](C(=O)O)[C@H](c1cccc(Cl)c1F)C21C(=O)Nc2cc(Cl)ccc21.CC1(C)CCC2(CC1)N1[C@H](c3ccccc3)[C@H](c3ccccc3)OC(=O)[C@H]1[C@H](c1cccc(Cl)c1F)[C@@]21C(=O)Nc2cc(Cl)ccc21.NC1CCC(N2CC(O)C2)CC1. The molecule has 0 bridgehead atoms. The van der Waals surface area contributed by atoms with Gasteiger partial charge >= 0.3 is 11.9 Å². The number of aliphatic hydroxyl groups is 2. The van der Waals surface area contributed by atoms with Crippen molar-refractivity contribution in [3.05, 3.63) is 262 Å². The zero-order valence-electron chi connectivity index (χ0n) is 77.9. The van der Waals surface area contributed by atoms with E-state index in [1.54, 1.807) is 66.7 Å². The maximum Gasteiger partial charge on any atom is 0.324 e. The van der Waals surface area contributed by atoms with E-state index in [0.29, 0.717) is 106 Å². The number of likely N-dealkylation sites (tertiary alicyclic amines) is 2. The van der Waals surface area contributed by atoms with Crippen molar-refractivity contribution >= 4 is 122 Å². The lowest BCUT2D eigenvalue weighted by atomic mass is 9.51. The molecule has 22 rings (SSSR count). The number of carboxylic acids is 1. The molecule has 7 aliphatic carbocycles. The molecule has 14 aliphatic rings. The average Bonchev–Trinajstić information content (AvgIpc) is 1.48.